The van der Waals surface area contributed by atoms with E-state index in [9.17, 15) is 18.0 Å². The van der Waals surface area contributed by atoms with Crippen LogP contribution in [0.3, 0.4) is 0 Å². The molecular weight excluding hydrogens is 450 g/mol. The number of benzene rings is 2. The first kappa shape index (κ1) is 21.6. The summed E-state index contributed by atoms with van der Waals surface area (Å²) in [5.41, 5.74) is 1.78. The number of aromatic nitrogens is 1. The van der Waals surface area contributed by atoms with Gasteiger partial charge in [-0.3, -0.25) is 4.79 Å². The molecule has 3 N–H and O–H groups in total. The maximum absolute atomic E-state index is 12.8. The molecule has 0 saturated carbocycles. The Morgan fingerprint density at radius 2 is 1.84 bits per heavy atom. The smallest absolute Gasteiger partial charge is 0.339 e. The van der Waals surface area contributed by atoms with Crippen molar-refractivity contribution in [3.05, 3.63) is 77.7 Å². The molecular formula is C22H17N3O5S2. The molecule has 8 nitrogen and oxygen atoms in total. The second-order valence-electron chi connectivity index (χ2n) is 6.75. The Labute approximate surface area is 187 Å². The van der Waals surface area contributed by atoms with E-state index in [1.807, 2.05) is 23.6 Å². The number of primary sulfonamides is 1. The lowest BCUT2D eigenvalue weighted by Gasteiger charge is -2.10. The highest BCUT2D eigenvalue weighted by atomic mass is 32.2. The Morgan fingerprint density at radius 1 is 1.03 bits per heavy atom. The van der Waals surface area contributed by atoms with Crippen LogP contribution in [0.1, 0.15) is 10.4 Å². The van der Waals surface area contributed by atoms with Crippen LogP contribution in [0.4, 0.5) is 5.69 Å². The molecule has 32 heavy (non-hydrogen) atoms. The molecule has 0 aliphatic carbocycles. The van der Waals surface area contributed by atoms with Crippen LogP contribution in [0, 0.1) is 0 Å². The van der Waals surface area contributed by atoms with E-state index in [0.29, 0.717) is 22.2 Å². The van der Waals surface area contributed by atoms with E-state index in [-0.39, 0.29) is 10.6 Å². The number of nitrogens with zero attached hydrogens (tertiary/aromatic N) is 1. The molecule has 2 aromatic heterocycles. The summed E-state index contributed by atoms with van der Waals surface area (Å²) in [7, 11) is -3.91. The van der Waals surface area contributed by atoms with Crippen molar-refractivity contribution in [2.45, 2.75) is 4.90 Å². The number of nitrogens with one attached hydrogen (secondary N) is 1. The Hall–Kier alpha value is -3.60. The number of pyridine rings is 1. The predicted molar refractivity (Wildman–Crippen MR) is 122 cm³/mol. The number of hydrogen-bond acceptors (Lipinski definition) is 7. The van der Waals surface area contributed by atoms with Crippen LogP contribution in [0.15, 0.2) is 77.0 Å². The third kappa shape index (κ3) is 4.83. The highest BCUT2D eigenvalue weighted by Crippen LogP contribution is 2.28. The molecule has 0 unspecified atom stereocenters. The van der Waals surface area contributed by atoms with E-state index in [1.54, 1.807) is 24.3 Å². The number of ether oxygens (including phenoxy) is 1. The molecule has 0 fully saturated rings. The van der Waals surface area contributed by atoms with Crippen LogP contribution >= 0.6 is 11.3 Å². The first-order chi connectivity index (χ1) is 15.3. The third-order valence-corrected chi connectivity index (χ3v) is 6.29. The number of sulfonamides is 1. The molecule has 0 saturated heterocycles. The summed E-state index contributed by atoms with van der Waals surface area (Å²) < 4.78 is 28.1. The average Bonchev–Trinajstić information content (AvgIpc) is 3.31. The van der Waals surface area contributed by atoms with Crippen molar-refractivity contribution < 1.29 is 22.7 Å². The quantitative estimate of drug-likeness (QED) is 0.418. The zero-order valence-corrected chi connectivity index (χ0v) is 18.2. The fraction of sp³-hybridized carbons (Fsp3) is 0.0455. The van der Waals surface area contributed by atoms with Crippen LogP contribution in [0.2, 0.25) is 0 Å². The molecule has 0 radical (unpaired) electrons. The average molecular weight is 468 g/mol. The number of fused-ring (bicyclic) bond motifs is 1. The summed E-state index contributed by atoms with van der Waals surface area (Å²) >= 11 is 1.50. The fourth-order valence-electron chi connectivity index (χ4n) is 3.05. The fourth-order valence-corrected chi connectivity index (χ4v) is 4.30. The number of amides is 1. The van der Waals surface area contributed by atoms with E-state index in [1.165, 1.54) is 35.6 Å². The number of rotatable bonds is 6. The van der Waals surface area contributed by atoms with Crippen molar-refractivity contribution in [2.24, 2.45) is 5.14 Å². The lowest BCUT2D eigenvalue weighted by atomic mass is 10.1. The molecule has 0 aliphatic heterocycles. The van der Waals surface area contributed by atoms with Crippen LogP contribution in [-0.4, -0.2) is 31.9 Å². The van der Waals surface area contributed by atoms with Gasteiger partial charge in [0, 0.05) is 11.1 Å². The van der Waals surface area contributed by atoms with Gasteiger partial charge in [0.25, 0.3) is 5.91 Å². The molecule has 0 spiro atoms. The van der Waals surface area contributed by atoms with Gasteiger partial charge < -0.3 is 10.1 Å². The molecule has 0 aliphatic rings. The van der Waals surface area contributed by atoms with Gasteiger partial charge in [-0.1, -0.05) is 30.3 Å². The number of thiophene rings is 1. The summed E-state index contributed by atoms with van der Waals surface area (Å²) in [5, 5.41) is 10.1. The normalized spacial score (nSPS) is 11.3. The van der Waals surface area contributed by atoms with Crippen LogP contribution < -0.4 is 10.5 Å². The Balaban J connectivity index is 1.51. The maximum atomic E-state index is 12.8. The van der Waals surface area contributed by atoms with Gasteiger partial charge in [-0.05, 0) is 41.8 Å². The van der Waals surface area contributed by atoms with Crippen molar-refractivity contribution in [2.75, 3.05) is 11.9 Å². The van der Waals surface area contributed by atoms with Crippen LogP contribution in [0.5, 0.6) is 0 Å². The first-order valence-corrected chi connectivity index (χ1v) is 11.8. The maximum Gasteiger partial charge on any atom is 0.339 e. The van der Waals surface area contributed by atoms with Gasteiger partial charge in [0.05, 0.1) is 26.5 Å². The van der Waals surface area contributed by atoms with Gasteiger partial charge in [-0.25, -0.2) is 23.3 Å². The van der Waals surface area contributed by atoms with Crippen molar-refractivity contribution in [1.82, 2.24) is 4.98 Å². The zero-order valence-electron chi connectivity index (χ0n) is 16.5. The van der Waals surface area contributed by atoms with Crippen molar-refractivity contribution in [3.63, 3.8) is 0 Å². The van der Waals surface area contributed by atoms with E-state index in [0.717, 1.165) is 4.88 Å². The second kappa shape index (κ2) is 8.87. The lowest BCUT2D eigenvalue weighted by molar-refractivity contribution is -0.119. The number of carbonyl (C=O) groups excluding carboxylic acids is 2. The Kier molecular flexibility index (Phi) is 5.99. The number of hydrogen-bond donors (Lipinski definition) is 2. The Morgan fingerprint density at radius 3 is 2.59 bits per heavy atom. The predicted octanol–water partition coefficient (Wildman–Crippen LogP) is 3.41. The standard InChI is InChI=1S/C22H17N3O5S2/c23-32(28,29)15-6-3-5-14(11-15)24-21(26)13-30-22(27)17-12-19(20-9-4-10-31-20)25-18-8-2-1-7-16(17)18/h1-12H,13H2,(H,24,26)(H2,23,28,29). The summed E-state index contributed by atoms with van der Waals surface area (Å²) in [6.07, 6.45) is 0. The molecule has 0 bridgehead atoms. The minimum Gasteiger partial charge on any atom is -0.452 e. The number of para-hydroxylation sites is 1. The summed E-state index contributed by atoms with van der Waals surface area (Å²) in [6.45, 7) is -0.552. The first-order valence-electron chi connectivity index (χ1n) is 9.35. The van der Waals surface area contributed by atoms with Gasteiger partial charge in [-0.2, -0.15) is 0 Å². The number of nitrogens with two attached hydrogens (primary N) is 1. The van der Waals surface area contributed by atoms with Crippen molar-refractivity contribution >= 4 is 49.8 Å². The van der Waals surface area contributed by atoms with Gasteiger partial charge in [0.15, 0.2) is 6.61 Å². The molecule has 4 rings (SSSR count). The number of esters is 1. The molecule has 1 amide bonds. The monoisotopic (exact) mass is 467 g/mol. The topological polar surface area (TPSA) is 128 Å². The SMILES string of the molecule is NS(=O)(=O)c1cccc(NC(=O)COC(=O)c2cc(-c3cccs3)nc3ccccc23)c1. The molecule has 162 valence electrons. The number of anilines is 1. The molecule has 0 atom stereocenters. The summed E-state index contributed by atoms with van der Waals surface area (Å²) in [6, 6.07) is 18.1. The summed E-state index contributed by atoms with van der Waals surface area (Å²) in [5.74, 6) is -1.29. The van der Waals surface area contributed by atoms with Gasteiger partial charge in [0.1, 0.15) is 0 Å². The van der Waals surface area contributed by atoms with Crippen molar-refractivity contribution in [3.8, 4) is 10.6 Å². The molecule has 2 heterocycles. The minimum absolute atomic E-state index is 0.142. The van der Waals surface area contributed by atoms with E-state index in [4.69, 9.17) is 9.88 Å². The van der Waals surface area contributed by atoms with Crippen molar-refractivity contribution in [1.29, 1.82) is 0 Å². The van der Waals surface area contributed by atoms with Crippen LogP contribution in [0.25, 0.3) is 21.5 Å². The van der Waals surface area contributed by atoms with E-state index in [2.05, 4.69) is 10.3 Å². The van der Waals surface area contributed by atoms with Crippen LogP contribution in [-0.2, 0) is 19.6 Å². The highest BCUT2D eigenvalue weighted by molar-refractivity contribution is 7.89. The summed E-state index contributed by atoms with van der Waals surface area (Å²) in [4.78, 5) is 30.4. The molecule has 4 aromatic rings. The third-order valence-electron chi connectivity index (χ3n) is 4.49. The van der Waals surface area contributed by atoms with Gasteiger partial charge in [0.2, 0.25) is 10.0 Å². The van der Waals surface area contributed by atoms with E-state index >= 15 is 0 Å². The zero-order chi connectivity index (χ0) is 22.7. The lowest BCUT2D eigenvalue weighted by Crippen LogP contribution is -2.21. The van der Waals surface area contributed by atoms with Gasteiger partial charge >= 0.3 is 5.97 Å². The minimum atomic E-state index is -3.91. The Bertz CT molecular complexity index is 1420. The number of carbonyl (C=O) groups is 2. The molecule has 10 heteroatoms. The second-order valence-corrected chi connectivity index (χ2v) is 9.26. The van der Waals surface area contributed by atoms with Gasteiger partial charge in [-0.15, -0.1) is 11.3 Å². The van der Waals surface area contributed by atoms with E-state index < -0.39 is 28.5 Å². The highest BCUT2D eigenvalue weighted by Gasteiger charge is 2.17. The molecule has 2 aromatic carbocycles. The largest absolute Gasteiger partial charge is 0.452 e.